The zero-order chi connectivity index (χ0) is 26.5. The summed E-state index contributed by atoms with van der Waals surface area (Å²) in [6.45, 7) is 3.31. The van der Waals surface area contributed by atoms with E-state index in [1.54, 1.807) is 43.0 Å². The minimum absolute atomic E-state index is 0.141. The summed E-state index contributed by atoms with van der Waals surface area (Å²) in [5, 5.41) is 31.2. The molecule has 194 valence electrons. The van der Waals surface area contributed by atoms with Gasteiger partial charge in [-0.05, 0) is 38.3 Å². The summed E-state index contributed by atoms with van der Waals surface area (Å²) in [5.74, 6) is -4.34. The van der Waals surface area contributed by atoms with Crippen LogP contribution in [0.15, 0.2) is 42.0 Å². The summed E-state index contributed by atoms with van der Waals surface area (Å²) < 4.78 is 32.5. The normalized spacial score (nSPS) is 20.8. The number of benzene rings is 1. The van der Waals surface area contributed by atoms with Crippen LogP contribution in [0.2, 0.25) is 0 Å². The summed E-state index contributed by atoms with van der Waals surface area (Å²) in [6.07, 6.45) is 1.01. The maximum absolute atomic E-state index is 13.7. The molecule has 2 heterocycles. The molecule has 2 fully saturated rings. The molecule has 3 N–H and O–H groups in total. The molecular weight excluding hydrogens is 473 g/mol. The number of rotatable bonds is 9. The van der Waals surface area contributed by atoms with Gasteiger partial charge in [-0.3, -0.25) is 9.69 Å². The van der Waals surface area contributed by atoms with E-state index in [2.05, 4.69) is 5.32 Å². The van der Waals surface area contributed by atoms with E-state index in [9.17, 15) is 33.7 Å². The fourth-order valence-corrected chi connectivity index (χ4v) is 4.31. The highest BCUT2D eigenvalue weighted by Gasteiger charge is 2.44. The number of carbonyl (C=O) groups is 2. The molecule has 2 aliphatic rings. The van der Waals surface area contributed by atoms with E-state index in [0.29, 0.717) is 13.0 Å². The zero-order valence-corrected chi connectivity index (χ0v) is 20.4. The third-order valence-corrected chi connectivity index (χ3v) is 6.61. The fraction of sp³-hybridized carbons (Fsp3) is 0.542. The molecule has 3 rings (SSSR count). The first kappa shape index (κ1) is 27.6. The Kier molecular flexibility index (Phi) is 8.71. The molecule has 12 heteroatoms. The van der Waals surface area contributed by atoms with Gasteiger partial charge in [0.1, 0.15) is 18.2 Å². The van der Waals surface area contributed by atoms with Crippen LogP contribution in [0, 0.1) is 11.3 Å². The van der Waals surface area contributed by atoms with Gasteiger partial charge in [0.05, 0.1) is 18.5 Å². The molecular formula is C24H31BF2N4O5. The van der Waals surface area contributed by atoms with Crippen LogP contribution >= 0.6 is 0 Å². The second kappa shape index (κ2) is 11.4. The Morgan fingerprint density at radius 2 is 2.03 bits per heavy atom. The van der Waals surface area contributed by atoms with Gasteiger partial charge in [0.2, 0.25) is 0 Å². The Labute approximate surface area is 209 Å². The topological polar surface area (TPSA) is 126 Å². The number of alkyl carbamates (subject to hydrolysis) is 1. The van der Waals surface area contributed by atoms with Crippen molar-refractivity contribution in [3.8, 4) is 6.07 Å². The van der Waals surface area contributed by atoms with Crippen LogP contribution in [0.1, 0.15) is 32.3 Å². The van der Waals surface area contributed by atoms with Gasteiger partial charge in [-0.1, -0.05) is 30.3 Å². The predicted molar refractivity (Wildman–Crippen MR) is 128 cm³/mol. The third kappa shape index (κ3) is 7.03. The number of amides is 2. The van der Waals surface area contributed by atoms with E-state index in [4.69, 9.17) is 4.74 Å². The SMILES string of the molecule is CC(C)(C=C(C#N)C(=O)N1CCC1COC(=O)N[C@@H](Cc1ccccc1)B(O)O)N1CCC(F)(F)C1. The van der Waals surface area contributed by atoms with Crippen molar-refractivity contribution in [1.29, 1.82) is 5.26 Å². The summed E-state index contributed by atoms with van der Waals surface area (Å²) in [5.41, 5.74) is -0.283. The number of hydrogen-bond acceptors (Lipinski definition) is 7. The molecule has 2 atom stereocenters. The van der Waals surface area contributed by atoms with Crippen molar-refractivity contribution in [3.63, 3.8) is 0 Å². The maximum Gasteiger partial charge on any atom is 0.475 e. The number of nitrogens with one attached hydrogen (secondary N) is 1. The van der Waals surface area contributed by atoms with Crippen molar-refractivity contribution in [2.45, 2.75) is 56.6 Å². The summed E-state index contributed by atoms with van der Waals surface area (Å²) in [6, 6.07) is 10.4. The minimum atomic E-state index is -2.80. The van der Waals surface area contributed by atoms with Gasteiger partial charge < -0.3 is 25.0 Å². The van der Waals surface area contributed by atoms with Crippen LogP contribution in [-0.4, -0.2) is 88.7 Å². The Morgan fingerprint density at radius 3 is 2.56 bits per heavy atom. The Hall–Kier alpha value is -3.01. The van der Waals surface area contributed by atoms with E-state index in [1.807, 2.05) is 12.1 Å². The van der Waals surface area contributed by atoms with Gasteiger partial charge in [0.15, 0.2) is 0 Å². The molecule has 0 aliphatic carbocycles. The average Bonchev–Trinajstić information content (AvgIpc) is 3.17. The first-order valence-electron chi connectivity index (χ1n) is 11.8. The summed E-state index contributed by atoms with van der Waals surface area (Å²) in [4.78, 5) is 28.1. The molecule has 0 radical (unpaired) electrons. The van der Waals surface area contributed by atoms with Gasteiger partial charge in [0.25, 0.3) is 11.8 Å². The number of hydrogen-bond donors (Lipinski definition) is 3. The molecule has 0 spiro atoms. The third-order valence-electron chi connectivity index (χ3n) is 6.61. The highest BCUT2D eigenvalue weighted by atomic mass is 19.3. The van der Waals surface area contributed by atoms with Crippen LogP contribution in [0.5, 0.6) is 0 Å². The number of likely N-dealkylation sites (tertiary alicyclic amines) is 2. The van der Waals surface area contributed by atoms with Gasteiger partial charge in [0, 0.05) is 25.0 Å². The van der Waals surface area contributed by atoms with E-state index in [-0.39, 0.29) is 31.6 Å². The first-order valence-corrected chi connectivity index (χ1v) is 11.8. The zero-order valence-electron chi connectivity index (χ0n) is 20.4. The summed E-state index contributed by atoms with van der Waals surface area (Å²) >= 11 is 0. The molecule has 2 saturated heterocycles. The maximum atomic E-state index is 13.7. The average molecular weight is 504 g/mol. The van der Waals surface area contributed by atoms with Gasteiger partial charge >= 0.3 is 13.2 Å². The minimum Gasteiger partial charge on any atom is -0.447 e. The molecule has 1 aromatic rings. The number of ether oxygens (including phenoxy) is 1. The number of carbonyl (C=O) groups excluding carboxylic acids is 2. The van der Waals surface area contributed by atoms with E-state index >= 15 is 0 Å². The van der Waals surface area contributed by atoms with Crippen molar-refractivity contribution in [2.75, 3.05) is 26.2 Å². The quantitative estimate of drug-likeness (QED) is 0.265. The highest BCUT2D eigenvalue weighted by molar-refractivity contribution is 6.43. The van der Waals surface area contributed by atoms with Gasteiger partial charge in [-0.15, -0.1) is 0 Å². The number of nitrogens with zero attached hydrogens (tertiary/aromatic N) is 3. The molecule has 9 nitrogen and oxygen atoms in total. The van der Waals surface area contributed by atoms with Crippen molar-refractivity contribution in [3.05, 3.63) is 47.5 Å². The molecule has 0 bridgehead atoms. The van der Waals surface area contributed by atoms with Gasteiger partial charge in [-0.2, -0.15) is 5.26 Å². The fourth-order valence-electron chi connectivity index (χ4n) is 4.31. The van der Waals surface area contributed by atoms with Crippen molar-refractivity contribution in [2.24, 2.45) is 0 Å². The highest BCUT2D eigenvalue weighted by Crippen LogP contribution is 2.33. The molecule has 2 amide bonds. The van der Waals surface area contributed by atoms with E-state index in [0.717, 1.165) is 5.56 Å². The standard InChI is InChI=1S/C24H31BF2N4O5/c1-23(2,30-11-9-24(26,27)16-30)13-18(14-28)21(32)31-10-8-19(31)15-36-22(33)29-20(25(34)35)12-17-6-4-3-5-7-17/h3-7,13,19-20,34-35H,8-12,15-16H2,1-2H3,(H,29,33)/t19?,20-/m0/s1. The molecule has 1 unspecified atom stereocenters. The Bertz CT molecular complexity index is 1020. The number of halogens is 2. The lowest BCUT2D eigenvalue weighted by Crippen LogP contribution is -2.55. The van der Waals surface area contributed by atoms with Crippen LogP contribution in [0.4, 0.5) is 13.6 Å². The van der Waals surface area contributed by atoms with E-state index < -0.39 is 49.1 Å². The van der Waals surface area contributed by atoms with Crippen LogP contribution < -0.4 is 5.32 Å². The van der Waals surface area contributed by atoms with Crippen LogP contribution in [0.25, 0.3) is 0 Å². The predicted octanol–water partition coefficient (Wildman–Crippen LogP) is 1.51. The lowest BCUT2D eigenvalue weighted by molar-refractivity contribution is -0.135. The number of alkyl halides is 2. The second-order valence-corrected chi connectivity index (χ2v) is 9.74. The smallest absolute Gasteiger partial charge is 0.447 e. The van der Waals surface area contributed by atoms with Crippen molar-refractivity contribution in [1.82, 2.24) is 15.1 Å². The molecule has 0 saturated carbocycles. The molecule has 2 aliphatic heterocycles. The lowest BCUT2D eigenvalue weighted by Gasteiger charge is -2.41. The molecule has 36 heavy (non-hydrogen) atoms. The molecule has 1 aromatic carbocycles. The molecule has 0 aromatic heterocycles. The lowest BCUT2D eigenvalue weighted by atomic mass is 9.76. The van der Waals surface area contributed by atoms with Crippen molar-refractivity contribution >= 4 is 19.1 Å². The summed E-state index contributed by atoms with van der Waals surface area (Å²) in [7, 11) is -1.80. The first-order chi connectivity index (χ1) is 16.9. The Balaban J connectivity index is 1.55. The van der Waals surface area contributed by atoms with Crippen LogP contribution in [-0.2, 0) is 16.0 Å². The monoisotopic (exact) mass is 504 g/mol. The largest absolute Gasteiger partial charge is 0.475 e. The van der Waals surface area contributed by atoms with Crippen molar-refractivity contribution < 1.29 is 33.2 Å². The van der Waals surface area contributed by atoms with Crippen LogP contribution in [0.3, 0.4) is 0 Å². The van der Waals surface area contributed by atoms with E-state index in [1.165, 1.54) is 11.0 Å². The number of nitriles is 1. The van der Waals surface area contributed by atoms with Gasteiger partial charge in [-0.25, -0.2) is 13.6 Å². The second-order valence-electron chi connectivity index (χ2n) is 9.74. The Morgan fingerprint density at radius 1 is 1.33 bits per heavy atom.